The number of phenols is 1. The Hall–Kier alpha value is -0.0000000000000000555. The fourth-order valence-electron chi connectivity index (χ4n) is 1.10. The van der Waals surface area contributed by atoms with Crippen molar-refractivity contribution in [3.63, 3.8) is 0 Å². The van der Waals surface area contributed by atoms with Crippen LogP contribution in [0, 0.1) is 0 Å². The number of alkyl halides is 1. The van der Waals surface area contributed by atoms with Gasteiger partial charge in [0.1, 0.15) is 11.9 Å². The highest BCUT2D eigenvalue weighted by Crippen LogP contribution is 2.36. The van der Waals surface area contributed by atoms with E-state index in [0.29, 0.717) is 0 Å². The fourth-order valence-corrected chi connectivity index (χ4v) is 1.97. The van der Waals surface area contributed by atoms with Crippen LogP contribution >= 0.6 is 39.1 Å². The van der Waals surface area contributed by atoms with Crippen molar-refractivity contribution in [3.8, 4) is 5.75 Å². The second kappa shape index (κ2) is 5.37. The standard InChI is InChI=1S/C9H9BrCl2O3/c10-3-7(13)9(15)5-1-4(11)2-6(12)8(5)14/h1-2,7,9,13-15H,3H2. The van der Waals surface area contributed by atoms with E-state index in [-0.39, 0.29) is 26.7 Å². The van der Waals surface area contributed by atoms with Gasteiger partial charge in [-0.05, 0) is 12.1 Å². The van der Waals surface area contributed by atoms with Crippen molar-refractivity contribution in [3.05, 3.63) is 27.7 Å². The topological polar surface area (TPSA) is 60.7 Å². The molecule has 0 fully saturated rings. The molecule has 1 aromatic carbocycles. The van der Waals surface area contributed by atoms with Gasteiger partial charge in [0.05, 0.1) is 11.1 Å². The summed E-state index contributed by atoms with van der Waals surface area (Å²) >= 11 is 14.4. The minimum Gasteiger partial charge on any atom is -0.506 e. The van der Waals surface area contributed by atoms with Crippen LogP contribution in [0.5, 0.6) is 5.75 Å². The summed E-state index contributed by atoms with van der Waals surface area (Å²) < 4.78 is 0. The summed E-state index contributed by atoms with van der Waals surface area (Å²) in [6, 6.07) is 2.72. The molecule has 6 heteroatoms. The Morgan fingerprint density at radius 3 is 2.40 bits per heavy atom. The van der Waals surface area contributed by atoms with Crippen LogP contribution in [0.25, 0.3) is 0 Å². The zero-order valence-electron chi connectivity index (χ0n) is 7.49. The average Bonchev–Trinajstić information content (AvgIpc) is 2.21. The maximum Gasteiger partial charge on any atom is 0.140 e. The second-order valence-electron chi connectivity index (χ2n) is 2.99. The zero-order chi connectivity index (χ0) is 11.6. The Labute approximate surface area is 105 Å². The van der Waals surface area contributed by atoms with Crippen LogP contribution in [0.1, 0.15) is 11.7 Å². The SMILES string of the molecule is Oc1c(Cl)cc(Cl)cc1C(O)C(O)CBr. The van der Waals surface area contributed by atoms with E-state index in [4.69, 9.17) is 23.2 Å². The fraction of sp³-hybridized carbons (Fsp3) is 0.333. The molecular weight excluding hydrogens is 307 g/mol. The molecule has 2 unspecified atom stereocenters. The third-order valence-corrected chi connectivity index (χ3v) is 3.07. The summed E-state index contributed by atoms with van der Waals surface area (Å²) in [5, 5.41) is 29.1. The van der Waals surface area contributed by atoms with Gasteiger partial charge in [0.25, 0.3) is 0 Å². The van der Waals surface area contributed by atoms with Crippen molar-refractivity contribution in [1.82, 2.24) is 0 Å². The van der Waals surface area contributed by atoms with Crippen LogP contribution in [0.2, 0.25) is 10.0 Å². The summed E-state index contributed by atoms with van der Waals surface area (Å²) in [4.78, 5) is 0. The van der Waals surface area contributed by atoms with E-state index in [2.05, 4.69) is 15.9 Å². The Balaban J connectivity index is 3.13. The first kappa shape index (κ1) is 13.1. The predicted molar refractivity (Wildman–Crippen MR) is 62.9 cm³/mol. The van der Waals surface area contributed by atoms with Gasteiger partial charge in [0.15, 0.2) is 0 Å². The van der Waals surface area contributed by atoms with Crippen LogP contribution < -0.4 is 0 Å². The second-order valence-corrected chi connectivity index (χ2v) is 4.48. The van der Waals surface area contributed by atoms with E-state index in [1.54, 1.807) is 0 Å². The monoisotopic (exact) mass is 314 g/mol. The number of hydrogen-bond donors (Lipinski definition) is 3. The first-order valence-corrected chi connectivity index (χ1v) is 5.95. The van der Waals surface area contributed by atoms with E-state index < -0.39 is 12.2 Å². The number of aromatic hydroxyl groups is 1. The van der Waals surface area contributed by atoms with Crippen molar-refractivity contribution in [2.24, 2.45) is 0 Å². The lowest BCUT2D eigenvalue weighted by atomic mass is 10.0. The van der Waals surface area contributed by atoms with E-state index >= 15 is 0 Å². The summed E-state index contributed by atoms with van der Waals surface area (Å²) in [6.45, 7) is 0. The van der Waals surface area contributed by atoms with Gasteiger partial charge in [0, 0.05) is 15.9 Å². The number of rotatable bonds is 3. The van der Waals surface area contributed by atoms with Crippen LogP contribution in [-0.2, 0) is 0 Å². The molecule has 0 aliphatic carbocycles. The third-order valence-electron chi connectivity index (χ3n) is 1.90. The number of phenolic OH excluding ortho intramolecular Hbond substituents is 1. The predicted octanol–water partition coefficient (Wildman–Crippen LogP) is 2.49. The normalized spacial score (nSPS) is 15.0. The highest BCUT2D eigenvalue weighted by molar-refractivity contribution is 9.09. The molecule has 0 aliphatic rings. The Morgan fingerprint density at radius 1 is 1.27 bits per heavy atom. The largest absolute Gasteiger partial charge is 0.506 e. The van der Waals surface area contributed by atoms with Crippen LogP contribution in [0.3, 0.4) is 0 Å². The first-order chi connectivity index (χ1) is 6.97. The van der Waals surface area contributed by atoms with E-state index in [1.165, 1.54) is 12.1 Å². The molecule has 0 saturated carbocycles. The summed E-state index contributed by atoms with van der Waals surface area (Å²) in [7, 11) is 0. The van der Waals surface area contributed by atoms with Crippen molar-refractivity contribution in [1.29, 1.82) is 0 Å². The van der Waals surface area contributed by atoms with Gasteiger partial charge in [-0.15, -0.1) is 0 Å². The summed E-state index contributed by atoms with van der Waals surface area (Å²) in [5.41, 5.74) is 0.111. The smallest absolute Gasteiger partial charge is 0.140 e. The summed E-state index contributed by atoms with van der Waals surface area (Å²) in [6.07, 6.45) is -2.27. The molecule has 0 radical (unpaired) electrons. The number of aliphatic hydroxyl groups excluding tert-OH is 2. The lowest BCUT2D eigenvalue weighted by Gasteiger charge is -2.17. The van der Waals surface area contributed by atoms with Gasteiger partial charge in [0.2, 0.25) is 0 Å². The average molecular weight is 316 g/mol. The number of hydrogen-bond acceptors (Lipinski definition) is 3. The van der Waals surface area contributed by atoms with Crippen LogP contribution in [-0.4, -0.2) is 26.8 Å². The molecule has 1 aromatic rings. The van der Waals surface area contributed by atoms with Crippen LogP contribution in [0.15, 0.2) is 12.1 Å². The molecule has 3 N–H and O–H groups in total. The Kier molecular flexibility index (Phi) is 4.67. The highest BCUT2D eigenvalue weighted by Gasteiger charge is 2.22. The third kappa shape index (κ3) is 2.98. The van der Waals surface area contributed by atoms with E-state index in [0.717, 1.165) is 0 Å². The Bertz CT molecular complexity index is 359. The number of aliphatic hydroxyl groups is 2. The maximum absolute atomic E-state index is 9.66. The lowest BCUT2D eigenvalue weighted by molar-refractivity contribution is 0.0328. The van der Waals surface area contributed by atoms with Crippen molar-refractivity contribution in [2.45, 2.75) is 12.2 Å². The van der Waals surface area contributed by atoms with Gasteiger partial charge >= 0.3 is 0 Å². The molecule has 15 heavy (non-hydrogen) atoms. The Morgan fingerprint density at radius 2 is 1.87 bits per heavy atom. The highest BCUT2D eigenvalue weighted by atomic mass is 79.9. The number of halogens is 3. The zero-order valence-corrected chi connectivity index (χ0v) is 10.6. The molecule has 0 amide bonds. The van der Waals surface area contributed by atoms with Crippen molar-refractivity contribution < 1.29 is 15.3 Å². The quantitative estimate of drug-likeness (QED) is 0.751. The molecule has 0 aromatic heterocycles. The van der Waals surface area contributed by atoms with Crippen LogP contribution in [0.4, 0.5) is 0 Å². The molecule has 84 valence electrons. The van der Waals surface area contributed by atoms with Gasteiger partial charge in [-0.25, -0.2) is 0 Å². The van der Waals surface area contributed by atoms with E-state index in [1.807, 2.05) is 0 Å². The van der Waals surface area contributed by atoms with Gasteiger partial charge in [-0.1, -0.05) is 39.1 Å². The van der Waals surface area contributed by atoms with Crippen molar-refractivity contribution in [2.75, 3.05) is 5.33 Å². The van der Waals surface area contributed by atoms with Gasteiger partial charge in [-0.2, -0.15) is 0 Å². The van der Waals surface area contributed by atoms with E-state index in [9.17, 15) is 15.3 Å². The molecule has 0 saturated heterocycles. The molecule has 1 rings (SSSR count). The van der Waals surface area contributed by atoms with Gasteiger partial charge in [-0.3, -0.25) is 0 Å². The minimum absolute atomic E-state index is 0.0401. The number of benzene rings is 1. The molecule has 0 aliphatic heterocycles. The molecule has 2 atom stereocenters. The maximum atomic E-state index is 9.66. The lowest BCUT2D eigenvalue weighted by Crippen LogP contribution is -2.19. The minimum atomic E-state index is -1.24. The molecule has 0 spiro atoms. The molecule has 3 nitrogen and oxygen atoms in total. The van der Waals surface area contributed by atoms with Gasteiger partial charge < -0.3 is 15.3 Å². The molecule has 0 heterocycles. The molecule has 0 bridgehead atoms. The summed E-state index contributed by atoms with van der Waals surface area (Å²) in [5.74, 6) is -0.270. The molecular formula is C9H9BrCl2O3. The van der Waals surface area contributed by atoms with Crippen molar-refractivity contribution >= 4 is 39.1 Å². The first-order valence-electron chi connectivity index (χ1n) is 4.07.